The lowest BCUT2D eigenvalue weighted by Gasteiger charge is -2.19. The van der Waals surface area contributed by atoms with Gasteiger partial charge in [-0.1, -0.05) is 37.5 Å². The largest absolute Gasteiger partial charge is 0.426 e. The summed E-state index contributed by atoms with van der Waals surface area (Å²) in [4.78, 5) is 24.3. The zero-order valence-electron chi connectivity index (χ0n) is 14.5. The average molecular weight is 352 g/mol. The van der Waals surface area contributed by atoms with Crippen LogP contribution in [-0.2, 0) is 4.79 Å². The van der Waals surface area contributed by atoms with Crippen molar-refractivity contribution in [2.75, 3.05) is 0 Å². The number of ether oxygens (including phenoxy) is 1. The number of carbonyl (C=O) groups excluding carboxylic acids is 2. The van der Waals surface area contributed by atoms with Gasteiger partial charge in [-0.15, -0.1) is 0 Å². The lowest BCUT2D eigenvalue weighted by Crippen LogP contribution is -2.22. The fraction of sp³-hybridized carbons (Fsp3) is 0.273. The van der Waals surface area contributed by atoms with Crippen LogP contribution in [0.25, 0.3) is 6.08 Å². The first kappa shape index (κ1) is 18.1. The number of carbonyl (C=O) groups is 2. The van der Waals surface area contributed by atoms with E-state index in [0.29, 0.717) is 11.3 Å². The van der Waals surface area contributed by atoms with Crippen LogP contribution in [0.2, 0.25) is 0 Å². The Morgan fingerprint density at radius 1 is 0.923 bits per heavy atom. The summed E-state index contributed by atoms with van der Waals surface area (Å²) < 4.78 is 18.3. The van der Waals surface area contributed by atoms with Crippen LogP contribution in [-0.4, -0.2) is 11.8 Å². The third-order valence-electron chi connectivity index (χ3n) is 4.59. The van der Waals surface area contributed by atoms with Crippen LogP contribution in [0.15, 0.2) is 54.6 Å². The number of halogens is 1. The number of allylic oxidation sites excluding steroid dienone is 1. The number of rotatable bonds is 5. The Balaban J connectivity index is 1.58. The van der Waals surface area contributed by atoms with E-state index in [0.717, 1.165) is 31.2 Å². The molecule has 0 amide bonds. The molecule has 0 saturated heterocycles. The lowest BCUT2D eigenvalue weighted by molar-refractivity contribution is -0.139. The first-order valence-corrected chi connectivity index (χ1v) is 8.91. The van der Waals surface area contributed by atoms with Crippen molar-refractivity contribution in [1.82, 2.24) is 0 Å². The van der Waals surface area contributed by atoms with Crippen LogP contribution in [0.3, 0.4) is 0 Å². The SMILES string of the molecule is O=C(C=Cc1ccc(F)cc1)c1ccc(OC(=O)C2CCCCC2)cc1. The van der Waals surface area contributed by atoms with Gasteiger partial charge >= 0.3 is 5.97 Å². The van der Waals surface area contributed by atoms with E-state index < -0.39 is 0 Å². The molecule has 0 atom stereocenters. The van der Waals surface area contributed by atoms with E-state index in [1.165, 1.54) is 24.6 Å². The molecule has 4 heteroatoms. The minimum Gasteiger partial charge on any atom is -0.426 e. The van der Waals surface area contributed by atoms with Crippen molar-refractivity contribution in [3.05, 3.63) is 71.6 Å². The molecule has 26 heavy (non-hydrogen) atoms. The molecule has 0 spiro atoms. The molecule has 1 aliphatic rings. The molecule has 0 aliphatic heterocycles. The minimum atomic E-state index is -0.313. The molecule has 0 heterocycles. The maximum Gasteiger partial charge on any atom is 0.314 e. The van der Waals surface area contributed by atoms with E-state index >= 15 is 0 Å². The summed E-state index contributed by atoms with van der Waals surface area (Å²) in [6.07, 6.45) is 8.20. The fourth-order valence-corrected chi connectivity index (χ4v) is 3.07. The highest BCUT2D eigenvalue weighted by Gasteiger charge is 2.22. The van der Waals surface area contributed by atoms with Crippen LogP contribution in [0.1, 0.15) is 48.0 Å². The van der Waals surface area contributed by atoms with Gasteiger partial charge in [0, 0.05) is 5.56 Å². The van der Waals surface area contributed by atoms with E-state index in [2.05, 4.69) is 0 Å². The minimum absolute atomic E-state index is 0.0105. The van der Waals surface area contributed by atoms with Gasteiger partial charge in [0.2, 0.25) is 0 Å². The first-order valence-electron chi connectivity index (χ1n) is 8.91. The average Bonchev–Trinajstić information content (AvgIpc) is 2.68. The molecule has 1 aliphatic carbocycles. The van der Waals surface area contributed by atoms with Crippen molar-refractivity contribution in [1.29, 1.82) is 0 Å². The molecule has 3 nitrogen and oxygen atoms in total. The van der Waals surface area contributed by atoms with Crippen molar-refractivity contribution >= 4 is 17.8 Å². The van der Waals surface area contributed by atoms with E-state index in [1.807, 2.05) is 0 Å². The van der Waals surface area contributed by atoms with Gasteiger partial charge in [-0.25, -0.2) is 4.39 Å². The van der Waals surface area contributed by atoms with Crippen molar-refractivity contribution in [2.24, 2.45) is 5.92 Å². The quantitative estimate of drug-likeness (QED) is 0.321. The highest BCUT2D eigenvalue weighted by molar-refractivity contribution is 6.06. The summed E-state index contributed by atoms with van der Waals surface area (Å²) in [6.45, 7) is 0. The van der Waals surface area contributed by atoms with E-state index in [1.54, 1.807) is 42.5 Å². The molecular weight excluding hydrogens is 331 g/mol. The second kappa shape index (κ2) is 8.56. The van der Waals surface area contributed by atoms with Crippen LogP contribution < -0.4 is 4.74 Å². The fourth-order valence-electron chi connectivity index (χ4n) is 3.07. The zero-order valence-corrected chi connectivity index (χ0v) is 14.5. The molecular formula is C22H21FO3. The second-order valence-electron chi connectivity index (χ2n) is 6.53. The molecule has 0 N–H and O–H groups in total. The summed E-state index contributed by atoms with van der Waals surface area (Å²) in [7, 11) is 0. The molecule has 1 fully saturated rings. The number of benzene rings is 2. The molecule has 0 aromatic heterocycles. The predicted molar refractivity (Wildman–Crippen MR) is 98.4 cm³/mol. The second-order valence-corrected chi connectivity index (χ2v) is 6.53. The zero-order chi connectivity index (χ0) is 18.4. The monoisotopic (exact) mass is 352 g/mol. The van der Waals surface area contributed by atoms with E-state index in [9.17, 15) is 14.0 Å². The third kappa shape index (κ3) is 4.88. The Morgan fingerprint density at radius 2 is 1.58 bits per heavy atom. The summed E-state index contributed by atoms with van der Waals surface area (Å²) in [5.74, 6) is -0.213. The standard InChI is InChI=1S/C22H21FO3/c23-19-11-6-16(7-12-19)8-15-21(24)17-9-13-20(14-10-17)26-22(25)18-4-2-1-3-5-18/h6-15,18H,1-5H2. The van der Waals surface area contributed by atoms with Gasteiger partial charge in [0.25, 0.3) is 0 Å². The number of esters is 1. The molecule has 2 aromatic rings. The van der Waals surface area contributed by atoms with Crippen LogP contribution in [0.4, 0.5) is 4.39 Å². The summed E-state index contributed by atoms with van der Waals surface area (Å²) >= 11 is 0. The van der Waals surface area contributed by atoms with E-state index in [-0.39, 0.29) is 23.5 Å². The molecule has 0 radical (unpaired) electrons. The summed E-state index contributed by atoms with van der Waals surface area (Å²) in [5.41, 5.74) is 1.25. The van der Waals surface area contributed by atoms with Crippen molar-refractivity contribution in [3.8, 4) is 5.75 Å². The number of hydrogen-bond acceptors (Lipinski definition) is 3. The van der Waals surface area contributed by atoms with Crippen molar-refractivity contribution < 1.29 is 18.7 Å². The van der Waals surface area contributed by atoms with Crippen molar-refractivity contribution in [2.45, 2.75) is 32.1 Å². The highest BCUT2D eigenvalue weighted by atomic mass is 19.1. The lowest BCUT2D eigenvalue weighted by atomic mass is 9.89. The maximum atomic E-state index is 12.9. The maximum absolute atomic E-state index is 12.9. The Labute approximate surface area is 152 Å². The van der Waals surface area contributed by atoms with Gasteiger partial charge in [0.05, 0.1) is 5.92 Å². The Hall–Kier alpha value is -2.75. The predicted octanol–water partition coefficient (Wildman–Crippen LogP) is 5.21. The van der Waals surface area contributed by atoms with Gasteiger partial charge in [-0.2, -0.15) is 0 Å². The molecule has 0 unspecified atom stereocenters. The number of ketones is 1. The van der Waals surface area contributed by atoms with E-state index in [4.69, 9.17) is 4.74 Å². The Morgan fingerprint density at radius 3 is 2.23 bits per heavy atom. The van der Waals surface area contributed by atoms with Gasteiger partial charge in [0.1, 0.15) is 11.6 Å². The topological polar surface area (TPSA) is 43.4 Å². The van der Waals surface area contributed by atoms with Gasteiger partial charge in [0.15, 0.2) is 5.78 Å². The van der Waals surface area contributed by atoms with Gasteiger partial charge in [-0.05, 0) is 60.9 Å². The molecule has 1 saturated carbocycles. The molecule has 2 aromatic carbocycles. The summed E-state index contributed by atoms with van der Waals surface area (Å²) in [5, 5.41) is 0. The van der Waals surface area contributed by atoms with Crippen LogP contribution >= 0.6 is 0 Å². The first-order chi connectivity index (χ1) is 12.6. The Bertz CT molecular complexity index is 785. The molecule has 0 bridgehead atoms. The highest BCUT2D eigenvalue weighted by Crippen LogP contribution is 2.25. The van der Waals surface area contributed by atoms with Crippen molar-refractivity contribution in [3.63, 3.8) is 0 Å². The number of hydrogen-bond donors (Lipinski definition) is 0. The Kier molecular flexibility index (Phi) is 5.95. The normalized spacial score (nSPS) is 15.1. The summed E-state index contributed by atoms with van der Waals surface area (Å²) in [6, 6.07) is 12.5. The third-order valence-corrected chi connectivity index (χ3v) is 4.59. The smallest absolute Gasteiger partial charge is 0.314 e. The van der Waals surface area contributed by atoms with Crippen LogP contribution in [0.5, 0.6) is 5.75 Å². The molecule has 3 rings (SSSR count). The van der Waals surface area contributed by atoms with Gasteiger partial charge < -0.3 is 4.74 Å². The van der Waals surface area contributed by atoms with Gasteiger partial charge in [-0.3, -0.25) is 9.59 Å². The van der Waals surface area contributed by atoms with Crippen LogP contribution in [0, 0.1) is 11.7 Å². The molecule has 134 valence electrons.